The molecule has 1 aromatic carbocycles. The lowest BCUT2D eigenvalue weighted by molar-refractivity contribution is 0.122. The van der Waals surface area contributed by atoms with E-state index in [2.05, 4.69) is 11.0 Å². The summed E-state index contributed by atoms with van der Waals surface area (Å²) < 4.78 is 5.31. The predicted octanol–water partition coefficient (Wildman–Crippen LogP) is 1.29. The molecule has 0 saturated carbocycles. The van der Waals surface area contributed by atoms with Crippen LogP contribution < -0.4 is 9.80 Å². The molecule has 0 unspecified atom stereocenters. The molecule has 16 heavy (non-hydrogen) atoms. The number of rotatable bonds is 2. The van der Waals surface area contributed by atoms with E-state index < -0.39 is 0 Å². The van der Waals surface area contributed by atoms with Crippen LogP contribution in [-0.4, -0.2) is 45.5 Å². The average molecular weight is 222 g/mol. The Kier molecular flexibility index (Phi) is 3.19. The molecule has 0 aliphatic carbocycles. The standard InChI is InChI=1S/C12H18N2O2/c1-13(2)10-7-11(9-12(15)8-10)14-3-5-16-6-4-14/h7-9,15H,3-6H2,1-2H3. The zero-order valence-corrected chi connectivity index (χ0v) is 9.81. The first-order valence-electron chi connectivity index (χ1n) is 5.51. The molecule has 88 valence electrons. The van der Waals surface area contributed by atoms with Crippen molar-refractivity contribution in [3.05, 3.63) is 18.2 Å². The Hall–Kier alpha value is -1.42. The Morgan fingerprint density at radius 1 is 1.19 bits per heavy atom. The molecule has 0 amide bonds. The van der Waals surface area contributed by atoms with E-state index in [1.807, 2.05) is 19.0 Å². The number of hydrogen-bond acceptors (Lipinski definition) is 4. The summed E-state index contributed by atoms with van der Waals surface area (Å²) in [6, 6.07) is 5.66. The normalized spacial score (nSPS) is 16.2. The van der Waals surface area contributed by atoms with Gasteiger partial charge in [-0.1, -0.05) is 0 Å². The summed E-state index contributed by atoms with van der Waals surface area (Å²) in [4.78, 5) is 4.22. The number of ether oxygens (including phenoxy) is 1. The largest absolute Gasteiger partial charge is 0.508 e. The quantitative estimate of drug-likeness (QED) is 0.818. The summed E-state index contributed by atoms with van der Waals surface area (Å²) in [5.41, 5.74) is 2.08. The van der Waals surface area contributed by atoms with Gasteiger partial charge in [0.25, 0.3) is 0 Å². The summed E-state index contributed by atoms with van der Waals surface area (Å²) >= 11 is 0. The van der Waals surface area contributed by atoms with E-state index in [0.717, 1.165) is 37.7 Å². The van der Waals surface area contributed by atoms with Gasteiger partial charge in [0.05, 0.1) is 13.2 Å². The molecule has 0 spiro atoms. The zero-order chi connectivity index (χ0) is 11.5. The van der Waals surface area contributed by atoms with Crippen molar-refractivity contribution in [2.24, 2.45) is 0 Å². The second-order valence-electron chi connectivity index (χ2n) is 4.20. The number of anilines is 2. The highest BCUT2D eigenvalue weighted by molar-refractivity contribution is 5.62. The number of morpholine rings is 1. The van der Waals surface area contributed by atoms with Crippen LogP contribution in [0.15, 0.2) is 18.2 Å². The van der Waals surface area contributed by atoms with Gasteiger partial charge in [-0.2, -0.15) is 0 Å². The maximum atomic E-state index is 9.69. The van der Waals surface area contributed by atoms with Gasteiger partial charge in [-0.25, -0.2) is 0 Å². The van der Waals surface area contributed by atoms with Gasteiger partial charge in [0.1, 0.15) is 5.75 Å². The van der Waals surface area contributed by atoms with Gasteiger partial charge in [-0.05, 0) is 6.07 Å². The van der Waals surface area contributed by atoms with Gasteiger partial charge in [0, 0.05) is 50.7 Å². The minimum atomic E-state index is 0.313. The number of hydrogen-bond donors (Lipinski definition) is 1. The highest BCUT2D eigenvalue weighted by Crippen LogP contribution is 2.28. The van der Waals surface area contributed by atoms with Crippen molar-refractivity contribution >= 4 is 11.4 Å². The first kappa shape index (κ1) is 11.1. The maximum Gasteiger partial charge on any atom is 0.119 e. The fourth-order valence-electron chi connectivity index (χ4n) is 1.84. The molecule has 0 bridgehead atoms. The van der Waals surface area contributed by atoms with Gasteiger partial charge in [0.2, 0.25) is 0 Å². The van der Waals surface area contributed by atoms with Crippen LogP contribution in [0, 0.1) is 0 Å². The van der Waals surface area contributed by atoms with Crippen molar-refractivity contribution in [2.75, 3.05) is 50.2 Å². The lowest BCUT2D eigenvalue weighted by atomic mass is 10.2. The van der Waals surface area contributed by atoms with Crippen molar-refractivity contribution in [2.45, 2.75) is 0 Å². The molecular weight excluding hydrogens is 204 g/mol. The van der Waals surface area contributed by atoms with Gasteiger partial charge in [-0.3, -0.25) is 0 Å². The summed E-state index contributed by atoms with van der Waals surface area (Å²) in [5, 5.41) is 9.69. The number of aromatic hydroxyl groups is 1. The second kappa shape index (κ2) is 4.61. The third kappa shape index (κ3) is 2.39. The average Bonchev–Trinajstić information content (AvgIpc) is 2.29. The molecule has 1 N–H and O–H groups in total. The Bertz CT molecular complexity index is 360. The third-order valence-corrected chi connectivity index (χ3v) is 2.78. The van der Waals surface area contributed by atoms with E-state index >= 15 is 0 Å². The van der Waals surface area contributed by atoms with Gasteiger partial charge in [0.15, 0.2) is 0 Å². The molecule has 0 aromatic heterocycles. The minimum Gasteiger partial charge on any atom is -0.508 e. The van der Waals surface area contributed by atoms with Crippen LogP contribution in [0.3, 0.4) is 0 Å². The van der Waals surface area contributed by atoms with E-state index in [0.29, 0.717) is 5.75 Å². The monoisotopic (exact) mass is 222 g/mol. The number of benzene rings is 1. The SMILES string of the molecule is CN(C)c1cc(O)cc(N2CCOCC2)c1. The zero-order valence-electron chi connectivity index (χ0n) is 9.81. The van der Waals surface area contributed by atoms with E-state index in [1.54, 1.807) is 12.1 Å². The molecule has 0 atom stereocenters. The van der Waals surface area contributed by atoms with Crippen LogP contribution in [-0.2, 0) is 4.74 Å². The van der Waals surface area contributed by atoms with E-state index in [-0.39, 0.29) is 0 Å². The number of phenolic OH excluding ortho intramolecular Hbond substituents is 1. The summed E-state index contributed by atoms with van der Waals surface area (Å²) in [6.07, 6.45) is 0. The first-order chi connectivity index (χ1) is 7.66. The molecule has 0 radical (unpaired) electrons. The fourth-order valence-corrected chi connectivity index (χ4v) is 1.84. The van der Waals surface area contributed by atoms with Crippen molar-refractivity contribution in [3.8, 4) is 5.75 Å². The Balaban J connectivity index is 2.25. The van der Waals surface area contributed by atoms with E-state index in [9.17, 15) is 5.11 Å². The lowest BCUT2D eigenvalue weighted by Crippen LogP contribution is -2.36. The molecule has 1 aliphatic rings. The Morgan fingerprint density at radius 2 is 1.88 bits per heavy atom. The molecule has 1 aliphatic heterocycles. The van der Waals surface area contributed by atoms with Crippen molar-refractivity contribution in [3.63, 3.8) is 0 Å². The Labute approximate surface area is 96.0 Å². The molecule has 1 fully saturated rings. The molecule has 2 rings (SSSR count). The summed E-state index contributed by atoms with van der Waals surface area (Å²) in [5.74, 6) is 0.313. The summed E-state index contributed by atoms with van der Waals surface area (Å²) in [7, 11) is 3.94. The smallest absolute Gasteiger partial charge is 0.119 e. The highest BCUT2D eigenvalue weighted by atomic mass is 16.5. The van der Waals surface area contributed by atoms with Crippen LogP contribution in [0.2, 0.25) is 0 Å². The fraction of sp³-hybridized carbons (Fsp3) is 0.500. The predicted molar refractivity (Wildman–Crippen MR) is 65.5 cm³/mol. The second-order valence-corrected chi connectivity index (χ2v) is 4.20. The van der Waals surface area contributed by atoms with Crippen LogP contribution in [0.1, 0.15) is 0 Å². The van der Waals surface area contributed by atoms with Gasteiger partial charge < -0.3 is 19.6 Å². The Morgan fingerprint density at radius 3 is 2.50 bits per heavy atom. The lowest BCUT2D eigenvalue weighted by Gasteiger charge is -2.29. The first-order valence-corrected chi connectivity index (χ1v) is 5.51. The van der Waals surface area contributed by atoms with Crippen LogP contribution >= 0.6 is 0 Å². The molecule has 4 heteroatoms. The van der Waals surface area contributed by atoms with Gasteiger partial charge in [-0.15, -0.1) is 0 Å². The maximum absolute atomic E-state index is 9.69. The molecule has 4 nitrogen and oxygen atoms in total. The van der Waals surface area contributed by atoms with Crippen molar-refractivity contribution in [1.82, 2.24) is 0 Å². The highest BCUT2D eigenvalue weighted by Gasteiger charge is 2.13. The van der Waals surface area contributed by atoms with Crippen LogP contribution in [0.25, 0.3) is 0 Å². The van der Waals surface area contributed by atoms with Crippen LogP contribution in [0.4, 0.5) is 11.4 Å². The minimum absolute atomic E-state index is 0.313. The molecule has 1 heterocycles. The number of phenols is 1. The summed E-state index contributed by atoms with van der Waals surface area (Å²) in [6.45, 7) is 3.28. The molecule has 1 aromatic rings. The molecule has 1 saturated heterocycles. The van der Waals surface area contributed by atoms with Crippen LogP contribution in [0.5, 0.6) is 5.75 Å². The van der Waals surface area contributed by atoms with E-state index in [4.69, 9.17) is 4.74 Å². The third-order valence-electron chi connectivity index (χ3n) is 2.78. The van der Waals surface area contributed by atoms with Gasteiger partial charge >= 0.3 is 0 Å². The van der Waals surface area contributed by atoms with Crippen molar-refractivity contribution in [1.29, 1.82) is 0 Å². The molecular formula is C12H18N2O2. The van der Waals surface area contributed by atoms with E-state index in [1.165, 1.54) is 0 Å². The number of nitrogens with zero attached hydrogens (tertiary/aromatic N) is 2. The van der Waals surface area contributed by atoms with Crippen molar-refractivity contribution < 1.29 is 9.84 Å². The topological polar surface area (TPSA) is 35.9 Å².